The average molecular weight is 397 g/mol. The Balaban J connectivity index is 2.22. The molecule has 0 aromatic rings. The third kappa shape index (κ3) is 11.2. The van der Waals surface area contributed by atoms with Gasteiger partial charge in [-0.25, -0.2) is 4.79 Å². The lowest BCUT2D eigenvalue weighted by atomic mass is 10.1. The van der Waals surface area contributed by atoms with Crippen molar-refractivity contribution in [2.24, 2.45) is 4.99 Å². The van der Waals surface area contributed by atoms with Gasteiger partial charge in [0.2, 0.25) is 0 Å². The molecule has 0 bridgehead atoms. The first-order valence-electron chi connectivity index (χ1n) is 10.6. The van der Waals surface area contributed by atoms with Gasteiger partial charge in [0.05, 0.1) is 6.10 Å². The Kier molecular flexibility index (Phi) is 11.6. The molecule has 1 fully saturated rings. The van der Waals surface area contributed by atoms with Crippen molar-refractivity contribution >= 4 is 12.1 Å². The Morgan fingerprint density at radius 1 is 1.25 bits per heavy atom. The number of carbonyl (C=O) groups is 1. The van der Waals surface area contributed by atoms with E-state index in [0.29, 0.717) is 13.2 Å². The minimum absolute atomic E-state index is 0.281. The second-order valence-electron chi connectivity index (χ2n) is 7.93. The van der Waals surface area contributed by atoms with Gasteiger partial charge in [-0.1, -0.05) is 12.2 Å². The van der Waals surface area contributed by atoms with E-state index >= 15 is 0 Å². The molecule has 2 N–H and O–H groups in total. The minimum Gasteiger partial charge on any atom is -0.444 e. The highest BCUT2D eigenvalue weighted by Gasteiger charge is 2.22. The van der Waals surface area contributed by atoms with Crippen LogP contribution < -0.4 is 10.6 Å². The number of alkyl carbamates (subject to hydrolysis) is 1. The van der Waals surface area contributed by atoms with E-state index in [1.54, 1.807) is 0 Å². The van der Waals surface area contributed by atoms with Crippen LogP contribution in [0, 0.1) is 0 Å². The summed E-state index contributed by atoms with van der Waals surface area (Å²) in [5.41, 5.74) is -0.462. The first kappa shape index (κ1) is 24.3. The molecule has 1 amide bonds. The lowest BCUT2D eigenvalue weighted by molar-refractivity contribution is 0.0170. The highest BCUT2D eigenvalue weighted by atomic mass is 16.6. The van der Waals surface area contributed by atoms with Crippen molar-refractivity contribution in [3.05, 3.63) is 12.2 Å². The molecule has 28 heavy (non-hydrogen) atoms. The summed E-state index contributed by atoms with van der Waals surface area (Å²) in [6, 6.07) is 0. The van der Waals surface area contributed by atoms with Crippen LogP contribution in [0.25, 0.3) is 0 Å². The van der Waals surface area contributed by atoms with E-state index in [2.05, 4.69) is 34.6 Å². The number of carbonyl (C=O) groups excluding carboxylic acids is 1. The number of hydrogen-bond donors (Lipinski definition) is 2. The molecule has 0 aromatic carbocycles. The molecule has 0 aliphatic carbocycles. The van der Waals surface area contributed by atoms with E-state index in [1.165, 1.54) is 0 Å². The standard InChI is InChI=1S/C21H40N4O3/c1-6-8-9-13-23-19(22-7-2)25-15-11-18(12-16-25)27-17-10-14-24-20(26)28-21(3,4)5/h6,8,18H,7,9-17H2,1-5H3,(H,22,23)(H,24,26)/b8-6+. The number of allylic oxidation sites excluding steroid dienone is 1. The molecular weight excluding hydrogens is 356 g/mol. The normalized spacial score (nSPS) is 16.5. The monoisotopic (exact) mass is 396 g/mol. The van der Waals surface area contributed by atoms with Crippen LogP contribution in [0.4, 0.5) is 4.79 Å². The van der Waals surface area contributed by atoms with Gasteiger partial charge in [-0.15, -0.1) is 0 Å². The Labute approximate surface area is 170 Å². The lowest BCUT2D eigenvalue weighted by Gasteiger charge is -2.34. The number of nitrogens with one attached hydrogen (secondary N) is 2. The van der Waals surface area contributed by atoms with Gasteiger partial charge in [0.15, 0.2) is 5.96 Å². The summed E-state index contributed by atoms with van der Waals surface area (Å²) in [5.74, 6) is 1.01. The second-order valence-corrected chi connectivity index (χ2v) is 7.93. The van der Waals surface area contributed by atoms with Crippen LogP contribution in [0.15, 0.2) is 17.1 Å². The average Bonchev–Trinajstić information content (AvgIpc) is 2.63. The largest absolute Gasteiger partial charge is 0.444 e. The van der Waals surface area contributed by atoms with Crippen LogP contribution in [0.2, 0.25) is 0 Å². The molecular formula is C21H40N4O3. The fourth-order valence-electron chi connectivity index (χ4n) is 2.90. The molecule has 0 spiro atoms. The third-order valence-electron chi connectivity index (χ3n) is 4.21. The third-order valence-corrected chi connectivity index (χ3v) is 4.21. The fraction of sp³-hybridized carbons (Fsp3) is 0.810. The smallest absolute Gasteiger partial charge is 0.407 e. The molecule has 1 aliphatic rings. The summed E-state index contributed by atoms with van der Waals surface area (Å²) >= 11 is 0. The molecule has 0 aromatic heterocycles. The van der Waals surface area contributed by atoms with E-state index in [9.17, 15) is 4.79 Å². The van der Waals surface area contributed by atoms with Gasteiger partial charge in [-0.2, -0.15) is 0 Å². The van der Waals surface area contributed by atoms with E-state index in [4.69, 9.17) is 14.5 Å². The van der Waals surface area contributed by atoms with Crippen LogP contribution >= 0.6 is 0 Å². The molecule has 162 valence electrons. The van der Waals surface area contributed by atoms with Gasteiger partial charge in [-0.05, 0) is 60.3 Å². The van der Waals surface area contributed by atoms with Crippen LogP contribution in [-0.2, 0) is 9.47 Å². The zero-order valence-corrected chi connectivity index (χ0v) is 18.4. The Bertz CT molecular complexity index is 492. The summed E-state index contributed by atoms with van der Waals surface area (Å²) in [5, 5.41) is 6.15. The molecule has 1 heterocycles. The zero-order valence-electron chi connectivity index (χ0n) is 18.4. The molecule has 0 unspecified atom stereocenters. The molecule has 1 aliphatic heterocycles. The quantitative estimate of drug-likeness (QED) is 0.271. The van der Waals surface area contributed by atoms with Gasteiger partial charge in [0.1, 0.15) is 5.60 Å². The van der Waals surface area contributed by atoms with Crippen LogP contribution in [0.5, 0.6) is 0 Å². The molecule has 7 heteroatoms. The highest BCUT2D eigenvalue weighted by Crippen LogP contribution is 2.14. The van der Waals surface area contributed by atoms with Crippen molar-refractivity contribution in [1.82, 2.24) is 15.5 Å². The van der Waals surface area contributed by atoms with Gasteiger partial charge < -0.3 is 25.0 Å². The van der Waals surface area contributed by atoms with Crippen LogP contribution in [-0.4, -0.2) is 68.0 Å². The minimum atomic E-state index is -0.462. The van der Waals surface area contributed by atoms with Crippen LogP contribution in [0.3, 0.4) is 0 Å². The van der Waals surface area contributed by atoms with E-state index in [-0.39, 0.29) is 12.2 Å². The SMILES string of the molecule is C/C=C/CCN=C(NCC)N1CCC(OCCCNC(=O)OC(C)(C)C)CC1. The van der Waals surface area contributed by atoms with Crippen molar-refractivity contribution in [2.45, 2.75) is 72.0 Å². The topological polar surface area (TPSA) is 75.2 Å². The number of guanidine groups is 1. The molecule has 1 saturated heterocycles. The zero-order chi connectivity index (χ0) is 20.8. The van der Waals surface area contributed by atoms with Gasteiger partial charge >= 0.3 is 6.09 Å². The Morgan fingerprint density at radius 2 is 1.96 bits per heavy atom. The lowest BCUT2D eigenvalue weighted by Crippen LogP contribution is -2.47. The van der Waals surface area contributed by atoms with Gasteiger partial charge in [0, 0.05) is 39.3 Å². The fourth-order valence-corrected chi connectivity index (χ4v) is 2.90. The van der Waals surface area contributed by atoms with E-state index in [0.717, 1.165) is 57.8 Å². The first-order valence-corrected chi connectivity index (χ1v) is 10.6. The molecule has 0 radical (unpaired) electrons. The van der Waals surface area contributed by atoms with Crippen molar-refractivity contribution in [2.75, 3.05) is 39.3 Å². The molecule has 0 atom stereocenters. The van der Waals surface area contributed by atoms with Crippen molar-refractivity contribution in [1.29, 1.82) is 0 Å². The number of likely N-dealkylation sites (tertiary alicyclic amines) is 1. The van der Waals surface area contributed by atoms with E-state index in [1.807, 2.05) is 27.7 Å². The maximum absolute atomic E-state index is 11.6. The summed E-state index contributed by atoms with van der Waals surface area (Å²) in [6.07, 6.45) is 7.88. The summed E-state index contributed by atoms with van der Waals surface area (Å²) < 4.78 is 11.2. The number of amides is 1. The number of ether oxygens (including phenoxy) is 2. The van der Waals surface area contributed by atoms with Gasteiger partial charge in [-0.3, -0.25) is 4.99 Å². The number of hydrogen-bond acceptors (Lipinski definition) is 4. The maximum Gasteiger partial charge on any atom is 0.407 e. The van der Waals surface area contributed by atoms with Crippen molar-refractivity contribution in [3.63, 3.8) is 0 Å². The van der Waals surface area contributed by atoms with Gasteiger partial charge in [0.25, 0.3) is 0 Å². The maximum atomic E-state index is 11.6. The second kappa shape index (κ2) is 13.4. The Morgan fingerprint density at radius 3 is 2.57 bits per heavy atom. The predicted octanol–water partition coefficient (Wildman–Crippen LogP) is 3.31. The number of rotatable bonds is 9. The summed E-state index contributed by atoms with van der Waals surface area (Å²) in [7, 11) is 0. The summed E-state index contributed by atoms with van der Waals surface area (Å²) in [4.78, 5) is 18.6. The van der Waals surface area contributed by atoms with Crippen LogP contribution in [0.1, 0.15) is 60.3 Å². The van der Waals surface area contributed by atoms with Crippen molar-refractivity contribution < 1.29 is 14.3 Å². The first-order chi connectivity index (χ1) is 13.4. The highest BCUT2D eigenvalue weighted by molar-refractivity contribution is 5.80. The van der Waals surface area contributed by atoms with E-state index < -0.39 is 5.60 Å². The summed E-state index contributed by atoms with van der Waals surface area (Å²) in [6.45, 7) is 14.5. The Hall–Kier alpha value is -1.76. The molecule has 0 saturated carbocycles. The molecule has 1 rings (SSSR count). The number of piperidine rings is 1. The number of nitrogens with zero attached hydrogens (tertiary/aromatic N) is 2. The molecule has 7 nitrogen and oxygen atoms in total. The number of aliphatic imine (C=N–C) groups is 1. The predicted molar refractivity (Wildman–Crippen MR) is 115 cm³/mol. The van der Waals surface area contributed by atoms with Crippen molar-refractivity contribution in [3.8, 4) is 0 Å².